The summed E-state index contributed by atoms with van der Waals surface area (Å²) in [5, 5.41) is 0. The molecule has 0 saturated carbocycles. The molecule has 0 N–H and O–H groups in total. The Hall–Kier alpha value is 0.439. The van der Waals surface area contributed by atoms with Crippen LogP contribution < -0.4 is 0 Å². The number of ether oxygens (including phenoxy) is 2. The quantitative estimate of drug-likeness (QED) is 0.412. The minimum Gasteiger partial charge on any atom is -0.329 e. The van der Waals surface area contributed by atoms with Crippen molar-refractivity contribution in [2.45, 2.75) is 0 Å². The third-order valence-corrected chi connectivity index (χ3v) is 0.333. The van der Waals surface area contributed by atoms with Crippen molar-refractivity contribution in [1.82, 2.24) is 0 Å². The van der Waals surface area contributed by atoms with Crippen LogP contribution in [0.3, 0.4) is 0 Å². The van der Waals surface area contributed by atoms with Crippen LogP contribution in [0.5, 0.6) is 0 Å². The molecule has 5 heavy (non-hydrogen) atoms. The first kappa shape index (κ1) is 5.44. The summed E-state index contributed by atoms with van der Waals surface area (Å²) in [4.78, 5) is 0. The van der Waals surface area contributed by atoms with E-state index in [9.17, 15) is 0 Å². The molecule has 0 aliphatic carbocycles. The van der Waals surface area contributed by atoms with Gasteiger partial charge in [0.2, 0.25) is 0 Å². The van der Waals surface area contributed by atoms with E-state index in [0.717, 1.165) is 0 Å². The van der Waals surface area contributed by atoms with Crippen molar-refractivity contribution in [2.75, 3.05) is 13.6 Å². The van der Waals surface area contributed by atoms with Crippen LogP contribution in [0.1, 0.15) is 0 Å². The minimum absolute atomic E-state index is 0. The first-order valence-electron chi connectivity index (χ1n) is 1.15. The summed E-state index contributed by atoms with van der Waals surface area (Å²) in [5.74, 6) is 0. The average Bonchev–Trinajstić information content (AvgIpc) is 0.722. The second-order valence-electron chi connectivity index (χ2n) is 0.644. The zero-order chi connectivity index (χ0) is 2.83. The van der Waals surface area contributed by atoms with E-state index >= 15 is 0 Å². The van der Waals surface area contributed by atoms with Gasteiger partial charge in [0.05, 0.1) is 0 Å². The first-order chi connectivity index (χ1) is 2.00. The molecule has 31 valence electrons. The fourth-order valence-corrected chi connectivity index (χ4v) is 0.0833. The summed E-state index contributed by atoms with van der Waals surface area (Å²) in [7, 11) is 0. The second-order valence-corrected chi connectivity index (χ2v) is 0.644. The van der Waals surface area contributed by atoms with E-state index in [2.05, 4.69) is 9.47 Å². The fraction of sp³-hybridized carbons (Fsp3) is 1.00. The molecule has 0 spiro atoms. The zero-order valence-corrected chi connectivity index (χ0v) is 3.79. The van der Waals surface area contributed by atoms with Crippen LogP contribution in [0.4, 0.5) is 0 Å². The van der Waals surface area contributed by atoms with Crippen LogP contribution >= 0.6 is 0 Å². The largest absolute Gasteiger partial charge is 0.329 e. The van der Waals surface area contributed by atoms with Crippen molar-refractivity contribution < 1.29 is 26.5 Å². The van der Waals surface area contributed by atoms with Crippen molar-refractivity contribution >= 4 is 0 Å². The van der Waals surface area contributed by atoms with Gasteiger partial charge in [0.15, 0.2) is 13.6 Å². The normalized spacial score (nSPS) is 19.2. The van der Waals surface area contributed by atoms with Gasteiger partial charge >= 0.3 is 0 Å². The van der Waals surface area contributed by atoms with Gasteiger partial charge in [0, 0.05) is 17.1 Å². The molecule has 1 aliphatic rings. The maximum atomic E-state index is 4.50. The van der Waals surface area contributed by atoms with E-state index in [4.69, 9.17) is 0 Å². The van der Waals surface area contributed by atoms with E-state index in [1.54, 1.807) is 0 Å². The third kappa shape index (κ3) is 1.34. The molecular weight excluding hydrogens is 111 g/mol. The van der Waals surface area contributed by atoms with Crippen LogP contribution in [-0.4, -0.2) is 13.6 Å². The summed E-state index contributed by atoms with van der Waals surface area (Å²) in [6, 6.07) is 0. The maximum absolute atomic E-state index is 4.50. The molecule has 0 aromatic heterocycles. The van der Waals surface area contributed by atoms with Gasteiger partial charge in [-0.15, -0.1) is 0 Å². The van der Waals surface area contributed by atoms with Crippen molar-refractivity contribution in [3.8, 4) is 0 Å². The third-order valence-electron chi connectivity index (χ3n) is 0.333. The number of hydrogen-bond acceptors (Lipinski definition) is 2. The van der Waals surface area contributed by atoms with E-state index in [1.807, 2.05) is 0 Å². The summed E-state index contributed by atoms with van der Waals surface area (Å²) in [6.07, 6.45) is 0. The monoisotopic (exact) mass is 115 g/mol. The van der Waals surface area contributed by atoms with Gasteiger partial charge in [-0.2, -0.15) is 0 Å². The minimum atomic E-state index is 0. The molecule has 0 aromatic carbocycles. The molecule has 0 unspecified atom stereocenters. The standard InChI is InChI=1S/C2H4O2.Mn/c1-3-2-4-1;/h1-2H2;. The molecule has 0 amide bonds. The zero-order valence-electron chi connectivity index (χ0n) is 2.61. The molecule has 2 nitrogen and oxygen atoms in total. The topological polar surface area (TPSA) is 18.5 Å². The van der Waals surface area contributed by atoms with Gasteiger partial charge < -0.3 is 9.47 Å². The van der Waals surface area contributed by atoms with Gasteiger partial charge in [-0.25, -0.2) is 0 Å². The van der Waals surface area contributed by atoms with Crippen molar-refractivity contribution in [3.05, 3.63) is 0 Å². The van der Waals surface area contributed by atoms with Gasteiger partial charge in [-0.05, 0) is 0 Å². The van der Waals surface area contributed by atoms with Gasteiger partial charge in [-0.1, -0.05) is 0 Å². The molecule has 0 aromatic rings. The predicted octanol–water partition coefficient (Wildman–Crippen LogP) is -0.0543. The average molecular weight is 115 g/mol. The Morgan fingerprint density at radius 2 is 1.20 bits per heavy atom. The van der Waals surface area contributed by atoms with Crippen LogP contribution in [-0.2, 0) is 26.5 Å². The second kappa shape index (κ2) is 2.66. The molecular formula is C2H4MnO2. The summed E-state index contributed by atoms with van der Waals surface area (Å²) < 4.78 is 9.00. The summed E-state index contributed by atoms with van der Waals surface area (Å²) in [5.41, 5.74) is 0. The van der Waals surface area contributed by atoms with Crippen molar-refractivity contribution in [1.29, 1.82) is 0 Å². The van der Waals surface area contributed by atoms with Crippen LogP contribution in [0, 0.1) is 0 Å². The molecule has 1 heterocycles. The summed E-state index contributed by atoms with van der Waals surface area (Å²) >= 11 is 0. The molecule has 0 atom stereocenters. The van der Waals surface area contributed by atoms with Crippen LogP contribution in [0.25, 0.3) is 0 Å². The van der Waals surface area contributed by atoms with E-state index in [1.165, 1.54) is 0 Å². The Kier molecular flexibility index (Phi) is 2.90. The Balaban J connectivity index is 0.000000160. The molecule has 0 bridgehead atoms. The van der Waals surface area contributed by atoms with E-state index in [0.29, 0.717) is 13.6 Å². The molecule has 1 fully saturated rings. The van der Waals surface area contributed by atoms with Gasteiger partial charge in [0.1, 0.15) is 0 Å². The van der Waals surface area contributed by atoms with E-state index in [-0.39, 0.29) is 17.1 Å². The Morgan fingerprint density at radius 1 is 1.00 bits per heavy atom. The van der Waals surface area contributed by atoms with Gasteiger partial charge in [-0.3, -0.25) is 0 Å². The predicted molar refractivity (Wildman–Crippen MR) is 11.9 cm³/mol. The Labute approximate surface area is 40.9 Å². The van der Waals surface area contributed by atoms with Crippen molar-refractivity contribution in [2.24, 2.45) is 0 Å². The van der Waals surface area contributed by atoms with Gasteiger partial charge in [0.25, 0.3) is 0 Å². The molecule has 3 heteroatoms. The smallest absolute Gasteiger partial charge is 0.152 e. The molecule has 1 rings (SSSR count). The van der Waals surface area contributed by atoms with Crippen molar-refractivity contribution in [3.63, 3.8) is 0 Å². The molecule has 1 aliphatic heterocycles. The Morgan fingerprint density at radius 3 is 1.20 bits per heavy atom. The molecule has 1 radical (unpaired) electrons. The SMILES string of the molecule is C1OCO1.[Mn]. The van der Waals surface area contributed by atoms with Crippen LogP contribution in [0.15, 0.2) is 0 Å². The van der Waals surface area contributed by atoms with Crippen LogP contribution in [0.2, 0.25) is 0 Å². The van der Waals surface area contributed by atoms with E-state index < -0.39 is 0 Å². The number of hydrogen-bond donors (Lipinski definition) is 0. The summed E-state index contributed by atoms with van der Waals surface area (Å²) in [6.45, 7) is 1.00. The first-order valence-corrected chi connectivity index (χ1v) is 1.15. The number of rotatable bonds is 0. The fourth-order valence-electron chi connectivity index (χ4n) is 0.0833. The molecule has 1 saturated heterocycles. The maximum Gasteiger partial charge on any atom is 0.152 e. The Bertz CT molecular complexity index is 15.6.